The second-order valence-electron chi connectivity index (χ2n) is 3.37. The van der Waals surface area contributed by atoms with Gasteiger partial charge in [-0.3, -0.25) is 0 Å². The largest absolute Gasteiger partial charge is 0.493 e. The molecule has 0 spiro atoms. The van der Waals surface area contributed by atoms with Crippen molar-refractivity contribution in [2.24, 2.45) is 5.16 Å². The Morgan fingerprint density at radius 1 is 1.20 bits per heavy atom. The Hall–Kier alpha value is -1.71. The molecule has 1 aliphatic rings. The topological polar surface area (TPSA) is 51.0 Å². The molecule has 1 aromatic carbocycles. The van der Waals surface area contributed by atoms with E-state index in [9.17, 15) is 0 Å². The monoisotopic (exact) mass is 207 g/mol. The first-order chi connectivity index (χ1) is 7.31. The summed E-state index contributed by atoms with van der Waals surface area (Å²) in [5, 5.41) is 12.1. The van der Waals surface area contributed by atoms with Crippen molar-refractivity contribution in [1.82, 2.24) is 0 Å². The van der Waals surface area contributed by atoms with Crippen molar-refractivity contribution in [2.75, 3.05) is 14.2 Å². The highest BCUT2D eigenvalue weighted by Crippen LogP contribution is 2.38. The van der Waals surface area contributed by atoms with Crippen LogP contribution in [0.2, 0.25) is 0 Å². The molecule has 4 heteroatoms. The number of hydrogen-bond acceptors (Lipinski definition) is 4. The molecule has 0 amide bonds. The number of ether oxygens (including phenoxy) is 2. The molecule has 0 atom stereocenters. The standard InChI is InChI=1S/C11H13NO3/c1-14-10-6-4-7-8(11(10)15-2)3-5-9(7)12-13/h4,6,13H,3,5H2,1-2H3/b12-9+. The summed E-state index contributed by atoms with van der Waals surface area (Å²) in [5.74, 6) is 1.46. The molecule has 0 unspecified atom stereocenters. The molecule has 2 rings (SSSR count). The molecule has 15 heavy (non-hydrogen) atoms. The Bertz CT molecular complexity index is 413. The summed E-state index contributed by atoms with van der Waals surface area (Å²) in [6.07, 6.45) is 1.57. The maximum absolute atomic E-state index is 8.82. The fourth-order valence-electron chi connectivity index (χ4n) is 1.99. The maximum Gasteiger partial charge on any atom is 0.164 e. The minimum atomic E-state index is 0.714. The fraction of sp³-hybridized carbons (Fsp3) is 0.364. The molecule has 0 aliphatic heterocycles. The van der Waals surface area contributed by atoms with Gasteiger partial charge in [-0.25, -0.2) is 0 Å². The first-order valence-corrected chi connectivity index (χ1v) is 4.77. The number of benzene rings is 1. The smallest absolute Gasteiger partial charge is 0.164 e. The first kappa shape index (κ1) is 9.83. The van der Waals surface area contributed by atoms with Crippen LogP contribution in [0.5, 0.6) is 11.5 Å². The lowest BCUT2D eigenvalue weighted by Crippen LogP contribution is -1.98. The van der Waals surface area contributed by atoms with E-state index in [1.54, 1.807) is 14.2 Å². The zero-order valence-corrected chi connectivity index (χ0v) is 8.78. The highest BCUT2D eigenvalue weighted by atomic mass is 16.5. The fourth-order valence-corrected chi connectivity index (χ4v) is 1.99. The number of rotatable bonds is 2. The van der Waals surface area contributed by atoms with Crippen LogP contribution in [0.15, 0.2) is 17.3 Å². The molecular weight excluding hydrogens is 194 g/mol. The Morgan fingerprint density at radius 3 is 2.60 bits per heavy atom. The van der Waals surface area contributed by atoms with Gasteiger partial charge in [0, 0.05) is 11.1 Å². The normalized spacial score (nSPS) is 16.5. The quantitative estimate of drug-likeness (QED) is 0.594. The van der Waals surface area contributed by atoms with E-state index in [-0.39, 0.29) is 0 Å². The molecule has 1 N–H and O–H groups in total. The second kappa shape index (κ2) is 3.81. The van der Waals surface area contributed by atoms with E-state index in [2.05, 4.69) is 5.16 Å². The molecule has 0 fully saturated rings. The van der Waals surface area contributed by atoms with Gasteiger partial charge in [-0.05, 0) is 25.0 Å². The van der Waals surface area contributed by atoms with Gasteiger partial charge in [-0.2, -0.15) is 0 Å². The highest BCUT2D eigenvalue weighted by Gasteiger charge is 2.24. The summed E-state index contributed by atoms with van der Waals surface area (Å²) in [7, 11) is 3.23. The van der Waals surface area contributed by atoms with E-state index in [0.717, 1.165) is 35.5 Å². The van der Waals surface area contributed by atoms with Crippen molar-refractivity contribution in [3.63, 3.8) is 0 Å². The molecule has 1 aliphatic carbocycles. The molecule has 4 nitrogen and oxygen atoms in total. The van der Waals surface area contributed by atoms with Gasteiger partial charge in [0.2, 0.25) is 0 Å². The van der Waals surface area contributed by atoms with E-state index < -0.39 is 0 Å². The molecule has 0 aromatic heterocycles. The predicted octanol–water partition coefficient (Wildman–Crippen LogP) is 1.83. The van der Waals surface area contributed by atoms with Crippen LogP contribution in [0.1, 0.15) is 17.5 Å². The van der Waals surface area contributed by atoms with Gasteiger partial charge in [-0.15, -0.1) is 0 Å². The maximum atomic E-state index is 8.82. The number of nitrogens with zero attached hydrogens (tertiary/aromatic N) is 1. The summed E-state index contributed by atoms with van der Waals surface area (Å²) in [6.45, 7) is 0. The minimum absolute atomic E-state index is 0.714. The van der Waals surface area contributed by atoms with Crippen LogP contribution in [0.4, 0.5) is 0 Å². The summed E-state index contributed by atoms with van der Waals surface area (Å²) in [4.78, 5) is 0. The van der Waals surface area contributed by atoms with Gasteiger partial charge in [0.05, 0.1) is 19.9 Å². The molecule has 0 saturated carbocycles. The van der Waals surface area contributed by atoms with Gasteiger partial charge in [-0.1, -0.05) is 5.16 Å². The molecule has 1 aromatic rings. The highest BCUT2D eigenvalue weighted by molar-refractivity contribution is 6.05. The van der Waals surface area contributed by atoms with Crippen LogP contribution in [0.3, 0.4) is 0 Å². The SMILES string of the molecule is COc1ccc2c(c1OC)CC/C2=N\O. The van der Waals surface area contributed by atoms with Crippen LogP contribution in [0, 0.1) is 0 Å². The van der Waals surface area contributed by atoms with Crippen LogP contribution < -0.4 is 9.47 Å². The average molecular weight is 207 g/mol. The summed E-state index contributed by atoms with van der Waals surface area (Å²) in [6, 6.07) is 3.73. The molecule has 80 valence electrons. The number of fused-ring (bicyclic) bond motifs is 1. The van der Waals surface area contributed by atoms with E-state index in [0.29, 0.717) is 5.71 Å². The molecule has 0 heterocycles. The van der Waals surface area contributed by atoms with Crippen LogP contribution in [0.25, 0.3) is 0 Å². The Kier molecular flexibility index (Phi) is 2.49. The van der Waals surface area contributed by atoms with Crippen molar-refractivity contribution < 1.29 is 14.7 Å². The summed E-state index contributed by atoms with van der Waals surface area (Å²) >= 11 is 0. The molecule has 0 bridgehead atoms. The van der Waals surface area contributed by atoms with Crippen molar-refractivity contribution in [1.29, 1.82) is 0 Å². The lowest BCUT2D eigenvalue weighted by atomic mass is 10.1. The number of hydrogen-bond donors (Lipinski definition) is 1. The van der Waals surface area contributed by atoms with Crippen LogP contribution >= 0.6 is 0 Å². The van der Waals surface area contributed by atoms with Gasteiger partial charge in [0.25, 0.3) is 0 Å². The lowest BCUT2D eigenvalue weighted by Gasteiger charge is -2.11. The van der Waals surface area contributed by atoms with E-state index >= 15 is 0 Å². The first-order valence-electron chi connectivity index (χ1n) is 4.77. The summed E-state index contributed by atoms with van der Waals surface area (Å²) < 4.78 is 10.5. The van der Waals surface area contributed by atoms with Gasteiger partial charge in [0.15, 0.2) is 11.5 Å². The van der Waals surface area contributed by atoms with Gasteiger partial charge < -0.3 is 14.7 Å². The summed E-state index contributed by atoms with van der Waals surface area (Å²) in [5.41, 5.74) is 2.73. The van der Waals surface area contributed by atoms with Crippen LogP contribution in [-0.2, 0) is 6.42 Å². The lowest BCUT2D eigenvalue weighted by molar-refractivity contribution is 0.318. The molecular formula is C11H13NO3. The van der Waals surface area contributed by atoms with Crippen molar-refractivity contribution in [3.05, 3.63) is 23.3 Å². The third-order valence-corrected chi connectivity index (χ3v) is 2.69. The predicted molar refractivity (Wildman–Crippen MR) is 56.2 cm³/mol. The van der Waals surface area contributed by atoms with Crippen molar-refractivity contribution in [2.45, 2.75) is 12.8 Å². The third-order valence-electron chi connectivity index (χ3n) is 2.69. The zero-order valence-electron chi connectivity index (χ0n) is 8.78. The number of oxime groups is 1. The van der Waals surface area contributed by atoms with Crippen LogP contribution in [-0.4, -0.2) is 25.1 Å². The number of methoxy groups -OCH3 is 2. The van der Waals surface area contributed by atoms with Crippen molar-refractivity contribution in [3.8, 4) is 11.5 Å². The van der Waals surface area contributed by atoms with E-state index in [1.807, 2.05) is 12.1 Å². The molecule has 0 saturated heterocycles. The zero-order chi connectivity index (χ0) is 10.8. The van der Waals surface area contributed by atoms with E-state index in [1.165, 1.54) is 0 Å². The minimum Gasteiger partial charge on any atom is -0.493 e. The Morgan fingerprint density at radius 2 is 2.00 bits per heavy atom. The average Bonchev–Trinajstić information content (AvgIpc) is 2.70. The van der Waals surface area contributed by atoms with Gasteiger partial charge >= 0.3 is 0 Å². The molecule has 0 radical (unpaired) electrons. The third kappa shape index (κ3) is 1.42. The van der Waals surface area contributed by atoms with Gasteiger partial charge in [0.1, 0.15) is 0 Å². The Balaban J connectivity index is 2.58. The van der Waals surface area contributed by atoms with E-state index in [4.69, 9.17) is 14.7 Å². The van der Waals surface area contributed by atoms with Crippen molar-refractivity contribution >= 4 is 5.71 Å². The second-order valence-corrected chi connectivity index (χ2v) is 3.37. The Labute approximate surface area is 88.1 Å².